The van der Waals surface area contributed by atoms with Crippen molar-refractivity contribution >= 4 is 0 Å². The molecule has 92 valence electrons. The van der Waals surface area contributed by atoms with Gasteiger partial charge in [0.2, 0.25) is 0 Å². The fraction of sp³-hybridized carbons (Fsp3) is 1.00. The first-order valence-electron chi connectivity index (χ1n) is 6.34. The van der Waals surface area contributed by atoms with Crippen LogP contribution in [0.1, 0.15) is 47.5 Å². The van der Waals surface area contributed by atoms with Crippen molar-refractivity contribution in [1.82, 2.24) is 4.90 Å². The normalized spacial score (nSPS) is 17.8. The third-order valence-corrected chi connectivity index (χ3v) is 3.55. The molecular weight excluding hydrogens is 186 g/mol. The number of aliphatic hydroxyl groups is 1. The average molecular weight is 215 g/mol. The smallest absolute Gasteiger partial charge is 0.0496 e. The zero-order valence-electron chi connectivity index (χ0n) is 11.2. The molecule has 0 rings (SSSR count). The van der Waals surface area contributed by atoms with Crippen LogP contribution in [0.3, 0.4) is 0 Å². The molecule has 0 saturated heterocycles. The van der Waals surface area contributed by atoms with Gasteiger partial charge in [0.05, 0.1) is 0 Å². The summed E-state index contributed by atoms with van der Waals surface area (Å²) in [4.78, 5) is 2.47. The van der Waals surface area contributed by atoms with Crippen molar-refractivity contribution < 1.29 is 5.11 Å². The fourth-order valence-electron chi connectivity index (χ4n) is 1.69. The number of aliphatic hydroxyl groups excluding tert-OH is 1. The van der Waals surface area contributed by atoms with E-state index in [1.165, 1.54) is 6.42 Å². The Kier molecular flexibility index (Phi) is 7.20. The van der Waals surface area contributed by atoms with Gasteiger partial charge in [0.25, 0.3) is 0 Å². The summed E-state index contributed by atoms with van der Waals surface area (Å²) < 4.78 is 0. The third kappa shape index (κ3) is 5.53. The molecule has 0 fully saturated rings. The van der Waals surface area contributed by atoms with Crippen molar-refractivity contribution in [3.63, 3.8) is 0 Å². The second-order valence-corrected chi connectivity index (χ2v) is 5.16. The van der Waals surface area contributed by atoms with Gasteiger partial charge < -0.3 is 10.0 Å². The van der Waals surface area contributed by atoms with Gasteiger partial charge in [-0.2, -0.15) is 0 Å². The Bertz CT molecular complexity index is 155. The largest absolute Gasteiger partial charge is 0.396 e. The Morgan fingerprint density at radius 3 is 2.20 bits per heavy atom. The quantitative estimate of drug-likeness (QED) is 0.673. The van der Waals surface area contributed by atoms with E-state index in [1.54, 1.807) is 0 Å². The van der Waals surface area contributed by atoms with Crippen LogP contribution in [0.25, 0.3) is 0 Å². The molecule has 0 amide bonds. The molecule has 0 aliphatic carbocycles. The predicted molar refractivity (Wildman–Crippen MR) is 67.1 cm³/mol. The standard InChI is InChI=1S/C13H29NO/c1-6-12(4)9-14(8-3)10-13(5,7-2)11-15/h12,15H,6-11H2,1-5H3. The minimum absolute atomic E-state index is 0.0729. The molecule has 2 unspecified atom stereocenters. The Morgan fingerprint density at radius 2 is 1.87 bits per heavy atom. The molecule has 1 N–H and O–H groups in total. The molecule has 0 bridgehead atoms. The van der Waals surface area contributed by atoms with Crippen molar-refractivity contribution in [2.75, 3.05) is 26.2 Å². The van der Waals surface area contributed by atoms with E-state index >= 15 is 0 Å². The Hall–Kier alpha value is -0.0800. The maximum Gasteiger partial charge on any atom is 0.0496 e. The second kappa shape index (κ2) is 7.24. The lowest BCUT2D eigenvalue weighted by molar-refractivity contribution is 0.0802. The molecule has 0 aromatic carbocycles. The maximum atomic E-state index is 9.39. The molecule has 0 aromatic heterocycles. The number of hydrogen-bond acceptors (Lipinski definition) is 2. The van der Waals surface area contributed by atoms with Crippen LogP contribution >= 0.6 is 0 Å². The van der Waals surface area contributed by atoms with Crippen LogP contribution in [-0.2, 0) is 0 Å². The van der Waals surface area contributed by atoms with Crippen molar-refractivity contribution in [1.29, 1.82) is 0 Å². The van der Waals surface area contributed by atoms with Crippen LogP contribution in [0.5, 0.6) is 0 Å². The van der Waals surface area contributed by atoms with E-state index in [0.29, 0.717) is 6.61 Å². The first-order valence-corrected chi connectivity index (χ1v) is 6.34. The van der Waals surface area contributed by atoms with E-state index < -0.39 is 0 Å². The molecule has 0 aliphatic heterocycles. The lowest BCUT2D eigenvalue weighted by Crippen LogP contribution is -2.39. The molecule has 2 atom stereocenters. The summed E-state index contributed by atoms with van der Waals surface area (Å²) in [5, 5.41) is 9.39. The van der Waals surface area contributed by atoms with Gasteiger partial charge >= 0.3 is 0 Å². The van der Waals surface area contributed by atoms with Crippen LogP contribution in [-0.4, -0.2) is 36.2 Å². The fourth-order valence-corrected chi connectivity index (χ4v) is 1.69. The summed E-state index contributed by atoms with van der Waals surface area (Å²) >= 11 is 0. The van der Waals surface area contributed by atoms with Crippen LogP contribution in [0.2, 0.25) is 0 Å². The summed E-state index contributed by atoms with van der Waals surface area (Å²) in [5.74, 6) is 0.754. The molecule has 0 aromatic rings. The van der Waals surface area contributed by atoms with Crippen LogP contribution in [0, 0.1) is 11.3 Å². The average Bonchev–Trinajstić information content (AvgIpc) is 2.27. The molecule has 2 nitrogen and oxygen atoms in total. The van der Waals surface area contributed by atoms with Gasteiger partial charge in [-0.1, -0.05) is 41.0 Å². The molecule has 15 heavy (non-hydrogen) atoms. The first kappa shape index (κ1) is 14.9. The molecule has 0 saturated carbocycles. The summed E-state index contributed by atoms with van der Waals surface area (Å²) in [6, 6.07) is 0. The van der Waals surface area contributed by atoms with E-state index in [-0.39, 0.29) is 5.41 Å². The van der Waals surface area contributed by atoms with Gasteiger partial charge in [-0.15, -0.1) is 0 Å². The Balaban J connectivity index is 4.18. The lowest BCUT2D eigenvalue weighted by atomic mass is 9.87. The van der Waals surface area contributed by atoms with Gasteiger partial charge in [-0.05, 0) is 18.9 Å². The lowest BCUT2D eigenvalue weighted by Gasteiger charge is -2.34. The number of hydrogen-bond donors (Lipinski definition) is 1. The minimum atomic E-state index is 0.0729. The van der Waals surface area contributed by atoms with Crippen molar-refractivity contribution in [2.24, 2.45) is 11.3 Å². The number of rotatable bonds is 8. The SMILES string of the molecule is CCC(C)CN(CC)CC(C)(CC)CO. The van der Waals surface area contributed by atoms with Gasteiger partial charge in [-0.3, -0.25) is 0 Å². The van der Waals surface area contributed by atoms with E-state index in [2.05, 4.69) is 39.5 Å². The van der Waals surface area contributed by atoms with Gasteiger partial charge in [0.1, 0.15) is 0 Å². The van der Waals surface area contributed by atoms with E-state index in [1.807, 2.05) is 0 Å². The third-order valence-electron chi connectivity index (χ3n) is 3.55. The molecular formula is C13H29NO. The van der Waals surface area contributed by atoms with Crippen LogP contribution in [0.4, 0.5) is 0 Å². The molecule has 0 heterocycles. The first-order chi connectivity index (χ1) is 7.01. The highest BCUT2D eigenvalue weighted by molar-refractivity contribution is 4.76. The molecule has 0 spiro atoms. The highest BCUT2D eigenvalue weighted by Crippen LogP contribution is 2.22. The molecule has 0 radical (unpaired) electrons. The zero-order valence-corrected chi connectivity index (χ0v) is 11.2. The van der Waals surface area contributed by atoms with Crippen LogP contribution < -0.4 is 0 Å². The topological polar surface area (TPSA) is 23.5 Å². The minimum Gasteiger partial charge on any atom is -0.396 e. The van der Waals surface area contributed by atoms with E-state index in [9.17, 15) is 5.11 Å². The highest BCUT2D eigenvalue weighted by Gasteiger charge is 2.24. The summed E-state index contributed by atoms with van der Waals surface area (Å²) in [7, 11) is 0. The Labute approximate surface area is 95.7 Å². The van der Waals surface area contributed by atoms with Gasteiger partial charge in [0, 0.05) is 25.1 Å². The van der Waals surface area contributed by atoms with Crippen molar-refractivity contribution in [3.05, 3.63) is 0 Å². The number of nitrogens with zero attached hydrogens (tertiary/aromatic N) is 1. The van der Waals surface area contributed by atoms with Crippen LogP contribution in [0.15, 0.2) is 0 Å². The summed E-state index contributed by atoms with van der Waals surface area (Å²) in [6.45, 7) is 14.6. The molecule has 0 aliphatic rings. The second-order valence-electron chi connectivity index (χ2n) is 5.16. The Morgan fingerprint density at radius 1 is 1.27 bits per heavy atom. The zero-order chi connectivity index (χ0) is 11.9. The predicted octanol–water partition coefficient (Wildman–Crippen LogP) is 2.76. The van der Waals surface area contributed by atoms with Gasteiger partial charge in [-0.25, -0.2) is 0 Å². The van der Waals surface area contributed by atoms with Crippen molar-refractivity contribution in [2.45, 2.75) is 47.5 Å². The van der Waals surface area contributed by atoms with Crippen molar-refractivity contribution in [3.8, 4) is 0 Å². The van der Waals surface area contributed by atoms with E-state index in [0.717, 1.165) is 32.0 Å². The highest BCUT2D eigenvalue weighted by atomic mass is 16.3. The maximum absolute atomic E-state index is 9.39. The summed E-state index contributed by atoms with van der Waals surface area (Å²) in [5.41, 5.74) is 0.0729. The monoisotopic (exact) mass is 215 g/mol. The van der Waals surface area contributed by atoms with E-state index in [4.69, 9.17) is 0 Å². The molecule has 2 heteroatoms. The van der Waals surface area contributed by atoms with Gasteiger partial charge in [0.15, 0.2) is 0 Å². The summed E-state index contributed by atoms with van der Waals surface area (Å²) in [6.07, 6.45) is 2.28.